The fourth-order valence-corrected chi connectivity index (χ4v) is 4.90. The summed E-state index contributed by atoms with van der Waals surface area (Å²) in [6.45, 7) is 6.71. The quantitative estimate of drug-likeness (QED) is 0.0647. The number of esters is 2. The molecule has 0 bridgehead atoms. The molecule has 0 heterocycles. The van der Waals surface area contributed by atoms with E-state index < -0.39 is 0 Å². The molecule has 0 aliphatic rings. The van der Waals surface area contributed by atoms with E-state index in [1.165, 1.54) is 116 Å². The third kappa shape index (κ3) is 24.6. The number of carbonyl (C=O) groups is 2. The second kappa shape index (κ2) is 27.7. The maximum atomic E-state index is 12.8. The van der Waals surface area contributed by atoms with Crippen LogP contribution >= 0.6 is 0 Å². The number of rotatable bonds is 27. The zero-order valence-electron chi connectivity index (χ0n) is 24.2. The fraction of sp³-hybridized carbons (Fsp3) is 0.938. The van der Waals surface area contributed by atoms with Crippen LogP contribution in [-0.2, 0) is 14.3 Å². The van der Waals surface area contributed by atoms with Crippen molar-refractivity contribution < 1.29 is 14.3 Å². The molecule has 0 aliphatic heterocycles. The van der Waals surface area contributed by atoms with Crippen LogP contribution in [0.3, 0.4) is 0 Å². The number of hydrogen-bond acceptors (Lipinski definition) is 3. The van der Waals surface area contributed by atoms with Gasteiger partial charge in [0, 0.05) is 6.42 Å². The van der Waals surface area contributed by atoms with Crippen molar-refractivity contribution in [1.29, 1.82) is 0 Å². The summed E-state index contributed by atoms with van der Waals surface area (Å²) in [6, 6.07) is 0. The van der Waals surface area contributed by atoms with E-state index >= 15 is 0 Å². The predicted molar refractivity (Wildman–Crippen MR) is 152 cm³/mol. The molecule has 208 valence electrons. The molecule has 1 unspecified atom stereocenters. The first-order valence-electron chi connectivity index (χ1n) is 15.9. The van der Waals surface area contributed by atoms with Crippen molar-refractivity contribution >= 4 is 11.9 Å². The van der Waals surface area contributed by atoms with Crippen LogP contribution in [0, 0.1) is 5.92 Å². The van der Waals surface area contributed by atoms with Crippen LogP contribution in [0.5, 0.6) is 0 Å². The van der Waals surface area contributed by atoms with Crippen LogP contribution in [0.1, 0.15) is 188 Å². The van der Waals surface area contributed by atoms with Gasteiger partial charge in [0.1, 0.15) is 0 Å². The van der Waals surface area contributed by atoms with E-state index in [-0.39, 0.29) is 17.9 Å². The fourth-order valence-electron chi connectivity index (χ4n) is 4.90. The van der Waals surface area contributed by atoms with E-state index in [0.717, 1.165) is 44.9 Å². The summed E-state index contributed by atoms with van der Waals surface area (Å²) in [5.41, 5.74) is 0. The van der Waals surface area contributed by atoms with Crippen LogP contribution in [0.4, 0.5) is 0 Å². The molecule has 0 amide bonds. The number of carbonyl (C=O) groups excluding carboxylic acids is 2. The minimum atomic E-state index is -0.310. The molecule has 0 N–H and O–H groups in total. The van der Waals surface area contributed by atoms with Crippen LogP contribution in [0.25, 0.3) is 0 Å². The van der Waals surface area contributed by atoms with Gasteiger partial charge in [-0.15, -0.1) is 0 Å². The summed E-state index contributed by atoms with van der Waals surface area (Å²) < 4.78 is 5.31. The molecule has 0 aromatic rings. The first-order chi connectivity index (χ1) is 17.2. The summed E-state index contributed by atoms with van der Waals surface area (Å²) in [6.07, 6.45) is 30.8. The predicted octanol–water partition coefficient (Wildman–Crippen LogP) is 10.9. The summed E-state index contributed by atoms with van der Waals surface area (Å²) in [5.74, 6) is -0.647. The molecular weight excluding hydrogens is 432 g/mol. The van der Waals surface area contributed by atoms with Crippen molar-refractivity contribution in [2.75, 3.05) is 0 Å². The van der Waals surface area contributed by atoms with Crippen molar-refractivity contribution in [3.8, 4) is 0 Å². The largest absolute Gasteiger partial charge is 0.393 e. The Bertz CT molecular complexity index is 460. The van der Waals surface area contributed by atoms with Gasteiger partial charge < -0.3 is 4.74 Å². The highest BCUT2D eigenvalue weighted by atomic mass is 16.6. The minimum absolute atomic E-state index is 0.0897. The van der Waals surface area contributed by atoms with E-state index in [4.69, 9.17) is 4.74 Å². The molecule has 0 radical (unpaired) electrons. The van der Waals surface area contributed by atoms with Crippen LogP contribution in [0.2, 0.25) is 0 Å². The Morgan fingerprint density at radius 2 is 0.771 bits per heavy atom. The van der Waals surface area contributed by atoms with Gasteiger partial charge in [0.25, 0.3) is 0 Å². The molecule has 3 heteroatoms. The molecule has 3 nitrogen and oxygen atoms in total. The maximum absolute atomic E-state index is 12.8. The summed E-state index contributed by atoms with van der Waals surface area (Å²) in [7, 11) is 0. The summed E-state index contributed by atoms with van der Waals surface area (Å²) in [4.78, 5) is 25.0. The number of hydrogen-bond donors (Lipinski definition) is 0. The lowest BCUT2D eigenvalue weighted by Gasteiger charge is -2.15. The highest BCUT2D eigenvalue weighted by Crippen LogP contribution is 2.22. The van der Waals surface area contributed by atoms with Gasteiger partial charge in [-0.05, 0) is 19.3 Å². The molecule has 0 saturated heterocycles. The minimum Gasteiger partial charge on any atom is -0.393 e. The monoisotopic (exact) mass is 494 g/mol. The lowest BCUT2D eigenvalue weighted by atomic mass is 9.94. The lowest BCUT2D eigenvalue weighted by molar-refractivity contribution is -0.163. The zero-order valence-corrected chi connectivity index (χ0v) is 24.2. The number of unbranched alkanes of at least 4 members (excludes halogenated alkanes) is 20. The van der Waals surface area contributed by atoms with Gasteiger partial charge in [0.15, 0.2) is 0 Å². The summed E-state index contributed by atoms with van der Waals surface area (Å²) >= 11 is 0. The van der Waals surface area contributed by atoms with Crippen LogP contribution < -0.4 is 0 Å². The van der Waals surface area contributed by atoms with Gasteiger partial charge in [-0.2, -0.15) is 0 Å². The van der Waals surface area contributed by atoms with Crippen molar-refractivity contribution in [2.45, 2.75) is 188 Å². The van der Waals surface area contributed by atoms with Crippen molar-refractivity contribution in [1.82, 2.24) is 0 Å². The maximum Gasteiger partial charge on any atom is 0.316 e. The smallest absolute Gasteiger partial charge is 0.316 e. The average molecular weight is 495 g/mol. The van der Waals surface area contributed by atoms with Gasteiger partial charge in [0.05, 0.1) is 5.92 Å². The molecule has 0 aromatic heterocycles. The third-order valence-electron chi connectivity index (χ3n) is 7.34. The third-order valence-corrected chi connectivity index (χ3v) is 7.34. The Kier molecular flexibility index (Phi) is 27.0. The highest BCUT2D eigenvalue weighted by molar-refractivity contribution is 5.86. The molecule has 0 spiro atoms. The highest BCUT2D eigenvalue weighted by Gasteiger charge is 2.22. The number of ether oxygens (including phenoxy) is 1. The molecule has 35 heavy (non-hydrogen) atoms. The van der Waals surface area contributed by atoms with Gasteiger partial charge in [-0.1, -0.05) is 162 Å². The molecule has 0 rings (SSSR count). The Labute approximate surface area is 219 Å². The van der Waals surface area contributed by atoms with E-state index in [2.05, 4.69) is 20.8 Å². The Balaban J connectivity index is 4.20. The first kappa shape index (κ1) is 34.1. The topological polar surface area (TPSA) is 43.4 Å². The van der Waals surface area contributed by atoms with E-state index in [1.54, 1.807) is 0 Å². The molecule has 0 aliphatic carbocycles. The Morgan fingerprint density at radius 3 is 1.14 bits per heavy atom. The van der Waals surface area contributed by atoms with E-state index in [9.17, 15) is 9.59 Å². The van der Waals surface area contributed by atoms with Crippen molar-refractivity contribution in [2.24, 2.45) is 5.92 Å². The first-order valence-corrected chi connectivity index (χ1v) is 15.9. The van der Waals surface area contributed by atoms with E-state index in [0.29, 0.717) is 6.42 Å². The molecule has 1 atom stereocenters. The van der Waals surface area contributed by atoms with Crippen molar-refractivity contribution in [3.63, 3.8) is 0 Å². The molecule has 0 aromatic carbocycles. The Hall–Kier alpha value is -0.860. The molecule has 0 saturated carbocycles. The SMILES string of the molecule is CCCCCCCCCCCCC(CCCCCCCCCC)C(=O)OC(=O)CCCCCCC. The second-order valence-corrected chi connectivity index (χ2v) is 10.9. The Morgan fingerprint density at radius 1 is 0.457 bits per heavy atom. The van der Waals surface area contributed by atoms with Crippen LogP contribution in [0.15, 0.2) is 0 Å². The lowest BCUT2D eigenvalue weighted by Crippen LogP contribution is -2.21. The molecular formula is C32H62O3. The zero-order chi connectivity index (χ0) is 25.8. The van der Waals surface area contributed by atoms with Crippen molar-refractivity contribution in [3.05, 3.63) is 0 Å². The standard InChI is InChI=1S/C32H62O3/c1-4-7-10-13-15-17-18-20-23-25-28-30(27-24-22-19-16-14-11-8-5-2)32(34)35-31(33)29-26-21-12-9-6-3/h30H,4-29H2,1-3H3. The average Bonchev–Trinajstić information content (AvgIpc) is 2.85. The van der Waals surface area contributed by atoms with Gasteiger partial charge >= 0.3 is 11.9 Å². The van der Waals surface area contributed by atoms with Crippen LogP contribution in [-0.4, -0.2) is 11.9 Å². The summed E-state index contributed by atoms with van der Waals surface area (Å²) in [5, 5.41) is 0. The second-order valence-electron chi connectivity index (χ2n) is 10.9. The van der Waals surface area contributed by atoms with E-state index in [1.807, 2.05) is 0 Å². The van der Waals surface area contributed by atoms with Gasteiger partial charge in [-0.3, -0.25) is 9.59 Å². The molecule has 0 fully saturated rings. The van der Waals surface area contributed by atoms with Gasteiger partial charge in [-0.25, -0.2) is 0 Å². The normalized spacial score (nSPS) is 12.1. The van der Waals surface area contributed by atoms with Gasteiger partial charge in [0.2, 0.25) is 0 Å².